The van der Waals surface area contributed by atoms with Crippen molar-refractivity contribution in [1.29, 1.82) is 0 Å². The number of nitrogens with one attached hydrogen (secondary N) is 1. The van der Waals surface area contributed by atoms with E-state index in [0.29, 0.717) is 12.0 Å². The summed E-state index contributed by atoms with van der Waals surface area (Å²) >= 11 is 0. The molecule has 3 atom stereocenters. The first-order valence-corrected chi connectivity index (χ1v) is 15.5. The Morgan fingerprint density at radius 2 is 1.52 bits per heavy atom. The van der Waals surface area contributed by atoms with Crippen LogP contribution in [-0.4, -0.2) is 61.6 Å². The van der Waals surface area contributed by atoms with Gasteiger partial charge in [0.1, 0.15) is 5.69 Å². The minimum atomic E-state index is -1.60. The Kier molecular flexibility index (Phi) is 12.7. The van der Waals surface area contributed by atoms with Crippen molar-refractivity contribution in [3.63, 3.8) is 0 Å². The molecule has 0 saturated carbocycles. The van der Waals surface area contributed by atoms with Crippen molar-refractivity contribution in [2.45, 2.75) is 44.8 Å². The minimum Gasteiger partial charge on any atom is -0.481 e. The van der Waals surface area contributed by atoms with E-state index in [9.17, 15) is 23.9 Å². The zero-order valence-electron chi connectivity index (χ0n) is 26.6. The van der Waals surface area contributed by atoms with Gasteiger partial charge in [0.25, 0.3) is 5.91 Å². The molecule has 0 aliphatic heterocycles. The predicted molar refractivity (Wildman–Crippen MR) is 178 cm³/mol. The molecule has 48 heavy (non-hydrogen) atoms. The van der Waals surface area contributed by atoms with Crippen LogP contribution in [0.15, 0.2) is 116 Å². The molecule has 0 bridgehead atoms. The molecule has 0 radical (unpaired) electrons. The molecule has 248 valence electrons. The van der Waals surface area contributed by atoms with Crippen molar-refractivity contribution in [2.24, 2.45) is 0 Å². The number of carbonyl (C=O) groups is 3. The van der Waals surface area contributed by atoms with Crippen molar-refractivity contribution in [1.82, 2.24) is 20.1 Å². The van der Waals surface area contributed by atoms with Crippen LogP contribution in [0.5, 0.6) is 0 Å². The van der Waals surface area contributed by atoms with E-state index in [4.69, 9.17) is 9.84 Å². The fourth-order valence-electron chi connectivity index (χ4n) is 5.00. The van der Waals surface area contributed by atoms with Crippen LogP contribution in [0.25, 0.3) is 17.1 Å². The van der Waals surface area contributed by atoms with E-state index in [2.05, 4.69) is 15.4 Å². The van der Waals surface area contributed by atoms with Crippen molar-refractivity contribution in [3.8, 4) is 17.1 Å². The number of rotatable bonds is 12. The topological polar surface area (TPSA) is 144 Å². The molecule has 1 amide bonds. The summed E-state index contributed by atoms with van der Waals surface area (Å²) in [5.41, 5.74) is 2.48. The van der Waals surface area contributed by atoms with Gasteiger partial charge in [0, 0.05) is 11.8 Å². The molecule has 5 aromatic rings. The maximum atomic E-state index is 14.7. The molecule has 0 spiro atoms. The van der Waals surface area contributed by atoms with E-state index in [-0.39, 0.29) is 36.0 Å². The van der Waals surface area contributed by atoms with Gasteiger partial charge in [-0.05, 0) is 43.0 Å². The molecule has 0 saturated heterocycles. The van der Waals surface area contributed by atoms with E-state index in [1.54, 1.807) is 37.3 Å². The SMILES string of the molecule is CCC(C(=O)O)c1ccccc1.CCOC(=O)C(O)C(Cc1ccccc1)NC(=O)c1cccnc1-n1cc(F)c(-c2ccccc2)n1. The maximum absolute atomic E-state index is 14.7. The molecule has 2 heterocycles. The van der Waals surface area contributed by atoms with Crippen LogP contribution in [0, 0.1) is 5.82 Å². The van der Waals surface area contributed by atoms with Gasteiger partial charge in [-0.15, -0.1) is 0 Å². The third kappa shape index (κ3) is 9.20. The average molecular weight is 653 g/mol. The number of carboxylic acids is 1. The Morgan fingerprint density at radius 3 is 2.12 bits per heavy atom. The van der Waals surface area contributed by atoms with Crippen LogP contribution >= 0.6 is 0 Å². The number of hydrogen-bond donors (Lipinski definition) is 3. The van der Waals surface area contributed by atoms with E-state index in [0.717, 1.165) is 17.3 Å². The highest BCUT2D eigenvalue weighted by atomic mass is 19.1. The molecular formula is C37H37FN4O6. The van der Waals surface area contributed by atoms with Gasteiger partial charge < -0.3 is 20.3 Å². The molecular weight excluding hydrogens is 615 g/mol. The second kappa shape index (κ2) is 17.3. The highest BCUT2D eigenvalue weighted by Gasteiger charge is 2.30. The lowest BCUT2D eigenvalue weighted by molar-refractivity contribution is -0.154. The van der Waals surface area contributed by atoms with Crippen molar-refractivity contribution < 1.29 is 33.7 Å². The largest absolute Gasteiger partial charge is 0.481 e. The summed E-state index contributed by atoms with van der Waals surface area (Å²) in [5.74, 6) is -3.03. The smallest absolute Gasteiger partial charge is 0.337 e. The van der Waals surface area contributed by atoms with Gasteiger partial charge in [-0.1, -0.05) is 97.9 Å². The fourth-order valence-corrected chi connectivity index (χ4v) is 5.00. The Hall–Kier alpha value is -5.68. The molecule has 10 nitrogen and oxygen atoms in total. The Labute approximate surface area is 277 Å². The number of benzene rings is 3. The number of aliphatic carboxylic acids is 1. The van der Waals surface area contributed by atoms with Gasteiger partial charge >= 0.3 is 11.9 Å². The predicted octanol–water partition coefficient (Wildman–Crippen LogP) is 5.60. The number of hydrogen-bond acceptors (Lipinski definition) is 7. The minimum absolute atomic E-state index is 0.0866. The van der Waals surface area contributed by atoms with E-state index < -0.39 is 35.8 Å². The molecule has 0 aliphatic carbocycles. The van der Waals surface area contributed by atoms with Gasteiger partial charge in [-0.3, -0.25) is 9.59 Å². The van der Waals surface area contributed by atoms with Crippen LogP contribution < -0.4 is 5.32 Å². The quantitative estimate of drug-likeness (QED) is 0.148. The van der Waals surface area contributed by atoms with Crippen molar-refractivity contribution in [3.05, 3.63) is 138 Å². The summed E-state index contributed by atoms with van der Waals surface area (Å²) in [6.07, 6.45) is 1.83. The second-order valence-electron chi connectivity index (χ2n) is 10.7. The summed E-state index contributed by atoms with van der Waals surface area (Å²) in [4.78, 5) is 40.6. The molecule has 0 fully saturated rings. The molecule has 0 aliphatic rings. The lowest BCUT2D eigenvalue weighted by atomic mass is 9.97. The summed E-state index contributed by atoms with van der Waals surface area (Å²) in [7, 11) is 0. The van der Waals surface area contributed by atoms with Crippen LogP contribution in [-0.2, 0) is 20.7 Å². The summed E-state index contributed by atoms with van der Waals surface area (Å²) in [5, 5.41) is 26.5. The lowest BCUT2D eigenvalue weighted by Crippen LogP contribution is -2.49. The first-order chi connectivity index (χ1) is 23.2. The van der Waals surface area contributed by atoms with Gasteiger partial charge in [-0.2, -0.15) is 5.10 Å². The molecule has 11 heteroatoms. The zero-order valence-corrected chi connectivity index (χ0v) is 26.6. The zero-order chi connectivity index (χ0) is 34.5. The monoisotopic (exact) mass is 652 g/mol. The number of carboxylic acid groups (broad SMARTS) is 1. The van der Waals surface area contributed by atoms with E-state index in [1.807, 2.05) is 73.7 Å². The summed E-state index contributed by atoms with van der Waals surface area (Å²) in [6.45, 7) is 3.60. The number of aliphatic hydroxyl groups excluding tert-OH is 1. The average Bonchev–Trinajstić information content (AvgIpc) is 3.50. The summed E-state index contributed by atoms with van der Waals surface area (Å²) < 4.78 is 20.9. The van der Waals surface area contributed by atoms with Crippen LogP contribution in [0.4, 0.5) is 4.39 Å². The van der Waals surface area contributed by atoms with Crippen molar-refractivity contribution in [2.75, 3.05) is 6.61 Å². The highest BCUT2D eigenvalue weighted by Crippen LogP contribution is 2.23. The van der Waals surface area contributed by atoms with E-state index in [1.165, 1.54) is 16.9 Å². The maximum Gasteiger partial charge on any atom is 0.337 e. The highest BCUT2D eigenvalue weighted by molar-refractivity contribution is 5.97. The normalized spacial score (nSPS) is 12.5. The lowest BCUT2D eigenvalue weighted by Gasteiger charge is -2.23. The number of ether oxygens (including phenoxy) is 1. The molecule has 5 rings (SSSR count). The van der Waals surface area contributed by atoms with Crippen LogP contribution in [0.2, 0.25) is 0 Å². The Morgan fingerprint density at radius 1 is 0.896 bits per heavy atom. The third-order valence-electron chi connectivity index (χ3n) is 7.40. The number of aromatic nitrogens is 3. The van der Waals surface area contributed by atoms with Crippen LogP contribution in [0.1, 0.15) is 47.7 Å². The molecule has 3 aromatic carbocycles. The Balaban J connectivity index is 0.000000365. The van der Waals surface area contributed by atoms with E-state index >= 15 is 0 Å². The number of nitrogens with zero attached hydrogens (tertiary/aromatic N) is 3. The first kappa shape index (κ1) is 35.2. The van der Waals surface area contributed by atoms with Crippen molar-refractivity contribution >= 4 is 17.8 Å². The first-order valence-electron chi connectivity index (χ1n) is 15.5. The van der Waals surface area contributed by atoms with Gasteiger partial charge in [0.05, 0.1) is 30.3 Å². The number of aliphatic hydroxyl groups is 1. The molecule has 3 N–H and O–H groups in total. The molecule has 3 unspecified atom stereocenters. The third-order valence-corrected chi connectivity index (χ3v) is 7.40. The summed E-state index contributed by atoms with van der Waals surface area (Å²) in [6, 6.07) is 29.3. The number of carbonyl (C=O) groups excluding carboxylic acids is 2. The Bertz CT molecular complexity index is 1780. The van der Waals surface area contributed by atoms with Gasteiger partial charge in [-0.25, -0.2) is 18.9 Å². The number of esters is 1. The van der Waals surface area contributed by atoms with Gasteiger partial charge in [0.2, 0.25) is 0 Å². The number of pyridine rings is 1. The van der Waals surface area contributed by atoms with Gasteiger partial charge in [0.15, 0.2) is 17.7 Å². The standard InChI is InChI=1S/C27H25FN4O4.C10H12O2/c1-2-36-27(35)24(33)22(16-18-10-5-3-6-11-18)30-26(34)20-14-9-15-29-25(20)32-17-21(28)23(31-32)19-12-7-4-8-13-19;1-2-9(10(11)12)8-6-4-3-5-7-8/h3-15,17,22,24,33H,2,16H2,1H3,(H,30,34);3-7,9H,2H2,1H3,(H,11,12). The van der Waals surface area contributed by atoms with Crippen LogP contribution in [0.3, 0.4) is 0 Å². The molecule has 2 aromatic heterocycles. The fraction of sp³-hybridized carbons (Fsp3) is 0.216. The number of amides is 1. The number of halogens is 1. The second-order valence-corrected chi connectivity index (χ2v) is 10.7.